The summed E-state index contributed by atoms with van der Waals surface area (Å²) in [6.07, 6.45) is 0.213. The average molecular weight is 377 g/mol. The molecule has 0 saturated carbocycles. The lowest BCUT2D eigenvalue weighted by Gasteiger charge is -2.37. The Morgan fingerprint density at radius 1 is 1.23 bits per heavy atom. The van der Waals surface area contributed by atoms with E-state index in [-0.39, 0.29) is 29.0 Å². The number of hydrogen-bond donors (Lipinski definition) is 0. The summed E-state index contributed by atoms with van der Waals surface area (Å²) in [5.41, 5.74) is -0.171. The molecule has 3 rings (SSSR count). The minimum Gasteiger partial charge on any atom is -0.372 e. The van der Waals surface area contributed by atoms with Crippen molar-refractivity contribution in [2.45, 2.75) is 33.0 Å². The van der Waals surface area contributed by atoms with Crippen LogP contribution in [0, 0.1) is 30.4 Å². The van der Waals surface area contributed by atoms with Crippen LogP contribution in [0.5, 0.6) is 0 Å². The lowest BCUT2D eigenvalue weighted by Crippen LogP contribution is -2.46. The Bertz CT molecular complexity index is 894. The average Bonchev–Trinajstić information content (AvgIpc) is 3.00. The molecule has 0 aliphatic carbocycles. The van der Waals surface area contributed by atoms with Gasteiger partial charge in [0.1, 0.15) is 5.01 Å². The highest BCUT2D eigenvalue weighted by Gasteiger charge is 2.28. The molecule has 1 saturated heterocycles. The fourth-order valence-electron chi connectivity index (χ4n) is 2.97. The Labute approximate surface area is 154 Å². The van der Waals surface area contributed by atoms with Gasteiger partial charge in [-0.25, -0.2) is 8.78 Å². The SMILES string of the molecule is Cc1nnc(C#Cc2cc(C=O)c(N3CC(C)OC(C)C3)c(F)c2F)s1. The monoisotopic (exact) mass is 377 g/mol. The van der Waals surface area contributed by atoms with Crippen molar-refractivity contribution < 1.29 is 18.3 Å². The van der Waals surface area contributed by atoms with Gasteiger partial charge in [0.25, 0.3) is 0 Å². The van der Waals surface area contributed by atoms with Gasteiger partial charge in [-0.2, -0.15) is 0 Å². The first-order valence-electron chi connectivity index (χ1n) is 8.08. The van der Waals surface area contributed by atoms with E-state index in [4.69, 9.17) is 4.74 Å². The molecule has 8 heteroatoms. The van der Waals surface area contributed by atoms with Crippen LogP contribution in [0.4, 0.5) is 14.5 Å². The molecule has 0 radical (unpaired) electrons. The van der Waals surface area contributed by atoms with Gasteiger partial charge in [0.15, 0.2) is 22.9 Å². The van der Waals surface area contributed by atoms with E-state index in [1.54, 1.807) is 11.8 Å². The number of ether oxygens (including phenoxy) is 1. The molecule has 0 spiro atoms. The van der Waals surface area contributed by atoms with Crippen LogP contribution in [0.25, 0.3) is 0 Å². The zero-order chi connectivity index (χ0) is 18.8. The van der Waals surface area contributed by atoms with Crippen LogP contribution in [0.3, 0.4) is 0 Å². The van der Waals surface area contributed by atoms with Crippen LogP contribution >= 0.6 is 11.3 Å². The summed E-state index contributed by atoms with van der Waals surface area (Å²) in [5, 5.41) is 8.76. The number of carbonyl (C=O) groups is 1. The smallest absolute Gasteiger partial charge is 0.191 e. The van der Waals surface area contributed by atoms with Gasteiger partial charge >= 0.3 is 0 Å². The summed E-state index contributed by atoms with van der Waals surface area (Å²) in [5.74, 6) is 3.05. The molecule has 1 aromatic heterocycles. The quantitative estimate of drug-likeness (QED) is 0.595. The standard InChI is InChI=1S/C18H17F2N3O2S/c1-10-7-23(8-11(2)25-10)18-14(9-24)6-13(16(19)17(18)20)4-5-15-22-21-12(3)26-15/h6,9-11H,7-8H2,1-3H3. The molecule has 5 nitrogen and oxygen atoms in total. The predicted molar refractivity (Wildman–Crippen MR) is 94.6 cm³/mol. The Balaban J connectivity index is 2.02. The number of carbonyl (C=O) groups excluding carboxylic acids is 1. The largest absolute Gasteiger partial charge is 0.372 e. The van der Waals surface area contributed by atoms with E-state index in [0.717, 1.165) is 5.01 Å². The maximum absolute atomic E-state index is 14.8. The molecule has 2 heterocycles. The van der Waals surface area contributed by atoms with E-state index < -0.39 is 11.6 Å². The number of aryl methyl sites for hydroxylation is 1. The van der Waals surface area contributed by atoms with Crippen LogP contribution in [0.2, 0.25) is 0 Å². The molecule has 0 N–H and O–H groups in total. The van der Waals surface area contributed by atoms with Gasteiger partial charge in [-0.3, -0.25) is 4.79 Å². The van der Waals surface area contributed by atoms with Crippen LogP contribution in [0.15, 0.2) is 6.07 Å². The molecular weight excluding hydrogens is 360 g/mol. The molecule has 1 fully saturated rings. The Morgan fingerprint density at radius 3 is 2.50 bits per heavy atom. The van der Waals surface area contributed by atoms with Gasteiger partial charge in [-0.15, -0.1) is 10.2 Å². The lowest BCUT2D eigenvalue weighted by atomic mass is 10.1. The van der Waals surface area contributed by atoms with Gasteiger partial charge in [0, 0.05) is 18.7 Å². The fraction of sp³-hybridized carbons (Fsp3) is 0.389. The first-order chi connectivity index (χ1) is 12.4. The van der Waals surface area contributed by atoms with E-state index in [1.807, 2.05) is 13.8 Å². The second-order valence-corrected chi connectivity index (χ2v) is 7.33. The molecule has 1 aliphatic rings. The van der Waals surface area contributed by atoms with Gasteiger partial charge < -0.3 is 9.64 Å². The highest BCUT2D eigenvalue weighted by atomic mass is 32.1. The highest BCUT2D eigenvalue weighted by Crippen LogP contribution is 2.30. The van der Waals surface area contributed by atoms with Crippen LogP contribution in [-0.2, 0) is 4.74 Å². The zero-order valence-corrected chi connectivity index (χ0v) is 15.4. The molecule has 1 aliphatic heterocycles. The van der Waals surface area contributed by atoms with Crippen LogP contribution in [0.1, 0.15) is 39.8 Å². The Morgan fingerprint density at radius 2 is 1.92 bits per heavy atom. The van der Waals surface area contributed by atoms with Crippen LogP contribution in [-0.4, -0.2) is 41.8 Å². The number of halogens is 2. The van der Waals surface area contributed by atoms with Crippen molar-refractivity contribution in [3.05, 3.63) is 38.8 Å². The lowest BCUT2D eigenvalue weighted by molar-refractivity contribution is -0.00547. The van der Waals surface area contributed by atoms with Crippen molar-refractivity contribution in [1.82, 2.24) is 10.2 Å². The molecular formula is C18H17F2N3O2S. The maximum atomic E-state index is 14.8. The van der Waals surface area contributed by atoms with Crippen molar-refractivity contribution in [3.63, 3.8) is 0 Å². The van der Waals surface area contributed by atoms with Crippen molar-refractivity contribution in [1.29, 1.82) is 0 Å². The number of hydrogen-bond acceptors (Lipinski definition) is 6. The first kappa shape index (κ1) is 18.4. The van der Waals surface area contributed by atoms with Gasteiger partial charge in [-0.05, 0) is 32.8 Å². The summed E-state index contributed by atoms with van der Waals surface area (Å²) in [6, 6.07) is 1.27. The second kappa shape index (κ2) is 7.48. The van der Waals surface area contributed by atoms with Crippen molar-refractivity contribution in [2.24, 2.45) is 0 Å². The predicted octanol–water partition coefficient (Wildman–Crippen LogP) is 2.95. The fourth-order valence-corrected chi connectivity index (χ4v) is 3.51. The van der Waals surface area contributed by atoms with Gasteiger partial charge in [0.05, 0.1) is 23.5 Å². The third-order valence-corrected chi connectivity index (χ3v) is 4.66. The molecule has 0 bridgehead atoms. The Kier molecular flexibility index (Phi) is 5.30. The van der Waals surface area contributed by atoms with Crippen LogP contribution < -0.4 is 4.90 Å². The van der Waals surface area contributed by atoms with Crippen molar-refractivity contribution in [2.75, 3.05) is 18.0 Å². The third-order valence-electron chi connectivity index (χ3n) is 3.90. The number of benzene rings is 1. The van der Waals surface area contributed by atoms with E-state index in [1.165, 1.54) is 17.4 Å². The normalized spacial score (nSPS) is 19.8. The molecule has 1 aromatic carbocycles. The van der Waals surface area contributed by atoms with Crippen molar-refractivity contribution in [3.8, 4) is 11.8 Å². The molecule has 2 aromatic rings. The minimum atomic E-state index is -1.08. The molecule has 2 atom stereocenters. The summed E-state index contributed by atoms with van der Waals surface area (Å²) >= 11 is 1.25. The van der Waals surface area contributed by atoms with Gasteiger partial charge in [-0.1, -0.05) is 17.3 Å². The number of rotatable bonds is 2. The van der Waals surface area contributed by atoms with E-state index in [0.29, 0.717) is 24.4 Å². The zero-order valence-electron chi connectivity index (χ0n) is 14.5. The summed E-state index contributed by atoms with van der Waals surface area (Å²) in [4.78, 5) is 13.2. The number of aromatic nitrogens is 2. The number of anilines is 1. The van der Waals surface area contributed by atoms with Gasteiger partial charge in [0.2, 0.25) is 0 Å². The van der Waals surface area contributed by atoms with E-state index >= 15 is 0 Å². The van der Waals surface area contributed by atoms with Crippen molar-refractivity contribution >= 4 is 23.3 Å². The van der Waals surface area contributed by atoms with E-state index in [2.05, 4.69) is 22.0 Å². The number of morpholine rings is 1. The highest BCUT2D eigenvalue weighted by molar-refractivity contribution is 7.11. The molecule has 0 amide bonds. The molecule has 136 valence electrons. The maximum Gasteiger partial charge on any atom is 0.191 e. The summed E-state index contributed by atoms with van der Waals surface area (Å²) < 4.78 is 34.9. The first-order valence-corrected chi connectivity index (χ1v) is 8.90. The van der Waals surface area contributed by atoms with E-state index in [9.17, 15) is 13.6 Å². The Hall–Kier alpha value is -2.37. The molecule has 26 heavy (non-hydrogen) atoms. The molecule has 2 unspecified atom stereocenters. The number of nitrogens with zero attached hydrogens (tertiary/aromatic N) is 3. The summed E-state index contributed by atoms with van der Waals surface area (Å²) in [6.45, 7) is 6.21. The third kappa shape index (κ3) is 3.74. The number of aldehydes is 1. The minimum absolute atomic E-state index is 0.0446. The topological polar surface area (TPSA) is 55.3 Å². The summed E-state index contributed by atoms with van der Waals surface area (Å²) in [7, 11) is 0. The second-order valence-electron chi connectivity index (χ2n) is 6.15.